The SMILES string of the molecule is Cn1n[c]cc1C(F)F. The molecule has 0 saturated heterocycles. The molecule has 0 aliphatic carbocycles. The molecule has 0 amide bonds. The number of aromatic nitrogens is 2. The summed E-state index contributed by atoms with van der Waals surface area (Å²) in [6.45, 7) is 0. The zero-order valence-electron chi connectivity index (χ0n) is 4.81. The average Bonchev–Trinajstić information content (AvgIpc) is 2.13. The molecule has 0 bridgehead atoms. The number of hydrogen-bond donors (Lipinski definition) is 0. The zero-order chi connectivity index (χ0) is 6.85. The predicted octanol–water partition coefficient (Wildman–Crippen LogP) is 1.16. The van der Waals surface area contributed by atoms with E-state index in [4.69, 9.17) is 0 Å². The van der Waals surface area contributed by atoms with Gasteiger partial charge in [0, 0.05) is 7.05 Å². The van der Waals surface area contributed by atoms with E-state index in [0.717, 1.165) is 4.68 Å². The molecule has 0 aliphatic heterocycles. The van der Waals surface area contributed by atoms with Crippen molar-refractivity contribution in [3.63, 3.8) is 0 Å². The van der Waals surface area contributed by atoms with Gasteiger partial charge in [-0.15, -0.1) is 0 Å². The van der Waals surface area contributed by atoms with E-state index in [9.17, 15) is 8.78 Å². The lowest BCUT2D eigenvalue weighted by atomic mass is 10.4. The first-order valence-electron chi connectivity index (χ1n) is 2.40. The van der Waals surface area contributed by atoms with Crippen LogP contribution in [0.1, 0.15) is 12.1 Å². The van der Waals surface area contributed by atoms with Crippen molar-refractivity contribution in [1.82, 2.24) is 9.78 Å². The van der Waals surface area contributed by atoms with Crippen LogP contribution in [0.4, 0.5) is 8.78 Å². The van der Waals surface area contributed by atoms with Gasteiger partial charge in [-0.05, 0) is 6.07 Å². The lowest BCUT2D eigenvalue weighted by molar-refractivity contribution is 0.141. The van der Waals surface area contributed by atoms with Crippen LogP contribution in [0.15, 0.2) is 6.07 Å². The predicted molar refractivity (Wildman–Crippen MR) is 27.0 cm³/mol. The fraction of sp³-hybridized carbons (Fsp3) is 0.400. The van der Waals surface area contributed by atoms with E-state index in [2.05, 4.69) is 11.3 Å². The fourth-order valence-electron chi connectivity index (χ4n) is 0.537. The number of aryl methyl sites for hydroxylation is 1. The Kier molecular flexibility index (Phi) is 1.46. The molecule has 0 saturated carbocycles. The second-order valence-corrected chi connectivity index (χ2v) is 1.62. The smallest absolute Gasteiger partial charge is 0.266 e. The summed E-state index contributed by atoms with van der Waals surface area (Å²) in [7, 11) is 1.46. The lowest BCUT2D eigenvalue weighted by Crippen LogP contribution is -1.97. The van der Waals surface area contributed by atoms with Gasteiger partial charge < -0.3 is 0 Å². The molecule has 0 spiro atoms. The molecule has 0 aliphatic rings. The molecule has 0 aromatic carbocycles. The van der Waals surface area contributed by atoms with Crippen LogP contribution in [0.25, 0.3) is 0 Å². The van der Waals surface area contributed by atoms with Crippen molar-refractivity contribution in [2.45, 2.75) is 6.43 Å². The number of nitrogens with zero attached hydrogens (tertiary/aromatic N) is 2. The fourth-order valence-corrected chi connectivity index (χ4v) is 0.537. The summed E-state index contributed by atoms with van der Waals surface area (Å²) >= 11 is 0. The molecular formula is C5H5F2N2. The van der Waals surface area contributed by atoms with Crippen molar-refractivity contribution in [1.29, 1.82) is 0 Å². The van der Waals surface area contributed by atoms with Gasteiger partial charge in [-0.2, -0.15) is 5.10 Å². The molecule has 0 N–H and O–H groups in total. The molecule has 1 radical (unpaired) electrons. The molecule has 0 fully saturated rings. The standard InChI is InChI=1S/C5H5F2N2/c1-9-4(5(6)7)2-3-8-9/h2,5H,1H3. The van der Waals surface area contributed by atoms with Crippen LogP contribution >= 0.6 is 0 Å². The average molecular weight is 131 g/mol. The molecule has 4 heteroatoms. The van der Waals surface area contributed by atoms with Gasteiger partial charge in [0.2, 0.25) is 0 Å². The molecule has 0 atom stereocenters. The molecule has 1 aromatic rings. The topological polar surface area (TPSA) is 17.8 Å². The molecule has 1 heterocycles. The molecule has 9 heavy (non-hydrogen) atoms. The highest BCUT2D eigenvalue weighted by atomic mass is 19.3. The van der Waals surface area contributed by atoms with Crippen molar-refractivity contribution >= 4 is 0 Å². The van der Waals surface area contributed by atoms with Crippen molar-refractivity contribution in [3.8, 4) is 0 Å². The van der Waals surface area contributed by atoms with Crippen LogP contribution in [0.5, 0.6) is 0 Å². The maximum atomic E-state index is 11.8. The summed E-state index contributed by atoms with van der Waals surface area (Å²) in [4.78, 5) is 0. The Labute approximate surface area is 51.1 Å². The molecule has 1 aromatic heterocycles. The van der Waals surface area contributed by atoms with Crippen LogP contribution < -0.4 is 0 Å². The highest BCUT2D eigenvalue weighted by Crippen LogP contribution is 2.15. The van der Waals surface area contributed by atoms with Crippen molar-refractivity contribution in [2.24, 2.45) is 7.05 Å². The first kappa shape index (κ1) is 6.19. The number of halogens is 2. The monoisotopic (exact) mass is 131 g/mol. The van der Waals surface area contributed by atoms with Gasteiger partial charge in [0.1, 0.15) is 11.9 Å². The van der Waals surface area contributed by atoms with Gasteiger partial charge in [0.05, 0.1) is 0 Å². The maximum absolute atomic E-state index is 11.8. The van der Waals surface area contributed by atoms with Crippen LogP contribution in [-0.4, -0.2) is 9.78 Å². The van der Waals surface area contributed by atoms with E-state index >= 15 is 0 Å². The van der Waals surface area contributed by atoms with Gasteiger partial charge in [-0.3, -0.25) is 4.68 Å². The minimum atomic E-state index is -2.45. The summed E-state index contributed by atoms with van der Waals surface area (Å²) in [6.07, 6.45) is -0.138. The summed E-state index contributed by atoms with van der Waals surface area (Å²) in [5.41, 5.74) is -0.102. The zero-order valence-corrected chi connectivity index (χ0v) is 4.81. The third-order valence-electron chi connectivity index (χ3n) is 1.02. The van der Waals surface area contributed by atoms with Crippen molar-refractivity contribution in [3.05, 3.63) is 18.0 Å². The second-order valence-electron chi connectivity index (χ2n) is 1.62. The molecule has 1 rings (SSSR count). The van der Waals surface area contributed by atoms with E-state index in [0.29, 0.717) is 0 Å². The molecule has 0 unspecified atom stereocenters. The van der Waals surface area contributed by atoms with Gasteiger partial charge in [0.15, 0.2) is 0 Å². The van der Waals surface area contributed by atoms with Gasteiger partial charge in [-0.25, -0.2) is 8.78 Å². The van der Waals surface area contributed by atoms with E-state index in [1.54, 1.807) is 0 Å². The third-order valence-corrected chi connectivity index (χ3v) is 1.02. The van der Waals surface area contributed by atoms with Crippen LogP contribution in [0.3, 0.4) is 0 Å². The van der Waals surface area contributed by atoms with E-state index in [1.165, 1.54) is 13.1 Å². The Hall–Kier alpha value is -0.930. The minimum absolute atomic E-state index is 0.102. The van der Waals surface area contributed by atoms with Crippen LogP contribution in [0, 0.1) is 6.20 Å². The molecular weight excluding hydrogens is 126 g/mol. The highest BCUT2D eigenvalue weighted by Gasteiger charge is 2.09. The van der Waals surface area contributed by atoms with Crippen molar-refractivity contribution < 1.29 is 8.78 Å². The summed E-state index contributed by atoms with van der Waals surface area (Å²) in [6, 6.07) is 1.17. The van der Waals surface area contributed by atoms with E-state index in [-0.39, 0.29) is 5.69 Å². The van der Waals surface area contributed by atoms with E-state index in [1.807, 2.05) is 0 Å². The minimum Gasteiger partial charge on any atom is -0.266 e. The Morgan fingerprint density at radius 1 is 1.78 bits per heavy atom. The molecule has 2 nitrogen and oxygen atoms in total. The summed E-state index contributed by atoms with van der Waals surface area (Å²) < 4.78 is 24.7. The van der Waals surface area contributed by atoms with Crippen molar-refractivity contribution in [2.75, 3.05) is 0 Å². The second kappa shape index (κ2) is 2.13. The quantitative estimate of drug-likeness (QED) is 0.559. The highest BCUT2D eigenvalue weighted by molar-refractivity contribution is 4.99. The summed E-state index contributed by atoms with van der Waals surface area (Å²) in [5, 5.41) is 3.45. The Morgan fingerprint density at radius 2 is 2.44 bits per heavy atom. The summed E-state index contributed by atoms with van der Waals surface area (Å²) in [5.74, 6) is 0. The number of hydrogen-bond acceptors (Lipinski definition) is 1. The van der Waals surface area contributed by atoms with E-state index < -0.39 is 6.43 Å². The third kappa shape index (κ3) is 1.06. The first-order valence-corrected chi connectivity index (χ1v) is 2.40. The Bertz CT molecular complexity index is 195. The Balaban J connectivity index is 2.94. The van der Waals surface area contributed by atoms with Gasteiger partial charge >= 0.3 is 0 Å². The van der Waals surface area contributed by atoms with Crippen LogP contribution in [0.2, 0.25) is 0 Å². The van der Waals surface area contributed by atoms with Gasteiger partial charge in [0.25, 0.3) is 6.43 Å². The largest absolute Gasteiger partial charge is 0.280 e. The Morgan fingerprint density at radius 3 is 2.67 bits per heavy atom. The maximum Gasteiger partial charge on any atom is 0.280 e. The first-order chi connectivity index (χ1) is 4.22. The van der Waals surface area contributed by atoms with Crippen LogP contribution in [-0.2, 0) is 7.05 Å². The normalized spacial score (nSPS) is 10.7. The number of alkyl halides is 2. The van der Waals surface area contributed by atoms with Gasteiger partial charge in [-0.1, -0.05) is 0 Å². The molecule has 49 valence electrons. The lowest BCUT2D eigenvalue weighted by Gasteiger charge is -1.96. The number of rotatable bonds is 1.